The van der Waals surface area contributed by atoms with Gasteiger partial charge in [-0.1, -0.05) is 18.2 Å². The third kappa shape index (κ3) is 4.24. The number of fused-ring (bicyclic) bond motifs is 2. The second-order valence-electron chi connectivity index (χ2n) is 7.84. The monoisotopic (exact) mass is 471 g/mol. The highest BCUT2D eigenvalue weighted by molar-refractivity contribution is 6.13. The molecule has 0 bridgehead atoms. The van der Waals surface area contributed by atoms with Gasteiger partial charge in [0.1, 0.15) is 30.0 Å². The van der Waals surface area contributed by atoms with Crippen molar-refractivity contribution < 1.29 is 32.3 Å². The van der Waals surface area contributed by atoms with Crippen LogP contribution in [0.15, 0.2) is 54.2 Å². The smallest absolute Gasteiger partial charge is 0.409 e. The van der Waals surface area contributed by atoms with E-state index in [1.54, 1.807) is 18.2 Å². The SMILES string of the molecule is N#C/C(=C\c1cn(CC(=O)O)c2ccc(F)cc12)C(=O)N1c2ccccc2CCC1C(F)(F)F. The molecule has 0 spiro atoms. The van der Waals surface area contributed by atoms with Gasteiger partial charge in [-0.15, -0.1) is 0 Å². The zero-order valence-corrected chi connectivity index (χ0v) is 17.5. The largest absolute Gasteiger partial charge is 0.480 e. The molecular formula is C24H17F4N3O3. The topological polar surface area (TPSA) is 86.3 Å². The Bertz CT molecular complexity index is 1370. The number of para-hydroxylation sites is 1. The molecule has 1 aliphatic rings. The van der Waals surface area contributed by atoms with Crippen LogP contribution in [0.5, 0.6) is 0 Å². The molecule has 2 aromatic carbocycles. The van der Waals surface area contributed by atoms with Gasteiger partial charge in [-0.3, -0.25) is 14.5 Å². The van der Waals surface area contributed by atoms with Crippen LogP contribution >= 0.6 is 0 Å². The van der Waals surface area contributed by atoms with Crippen LogP contribution in [0.4, 0.5) is 23.2 Å². The van der Waals surface area contributed by atoms with Gasteiger partial charge in [0.15, 0.2) is 0 Å². The van der Waals surface area contributed by atoms with Gasteiger partial charge in [-0.25, -0.2) is 4.39 Å². The molecule has 3 aromatic rings. The Morgan fingerprint density at radius 2 is 1.94 bits per heavy atom. The first-order chi connectivity index (χ1) is 16.1. The summed E-state index contributed by atoms with van der Waals surface area (Å²) >= 11 is 0. The third-order valence-corrected chi connectivity index (χ3v) is 5.68. The van der Waals surface area contributed by atoms with Gasteiger partial charge in [-0.05, 0) is 48.7 Å². The highest BCUT2D eigenvalue weighted by Crippen LogP contribution is 2.39. The zero-order valence-electron chi connectivity index (χ0n) is 17.5. The number of carbonyl (C=O) groups is 2. The van der Waals surface area contributed by atoms with E-state index in [0.29, 0.717) is 16.0 Å². The Morgan fingerprint density at radius 3 is 2.62 bits per heavy atom. The minimum absolute atomic E-state index is 0.0709. The van der Waals surface area contributed by atoms with Crippen LogP contribution in [-0.2, 0) is 22.6 Å². The molecule has 174 valence electrons. The van der Waals surface area contributed by atoms with Crippen molar-refractivity contribution in [2.24, 2.45) is 0 Å². The predicted molar refractivity (Wildman–Crippen MR) is 115 cm³/mol. The number of aryl methyl sites for hydroxylation is 1. The van der Waals surface area contributed by atoms with Crippen molar-refractivity contribution in [1.82, 2.24) is 4.57 Å². The van der Waals surface area contributed by atoms with Crippen molar-refractivity contribution in [2.75, 3.05) is 4.90 Å². The first-order valence-electron chi connectivity index (χ1n) is 10.2. The molecule has 1 aliphatic heterocycles. The maximum atomic E-state index is 13.9. The fourth-order valence-electron chi connectivity index (χ4n) is 4.22. The maximum absolute atomic E-state index is 13.9. The predicted octanol–water partition coefficient (Wildman–Crippen LogP) is 4.68. The quantitative estimate of drug-likeness (QED) is 0.340. The van der Waals surface area contributed by atoms with Crippen LogP contribution in [0, 0.1) is 17.1 Å². The van der Waals surface area contributed by atoms with Gasteiger partial charge in [0.2, 0.25) is 0 Å². The number of nitrogens with zero attached hydrogens (tertiary/aromatic N) is 3. The van der Waals surface area contributed by atoms with Crippen molar-refractivity contribution in [3.8, 4) is 6.07 Å². The Labute approximate surface area is 190 Å². The number of anilines is 1. The summed E-state index contributed by atoms with van der Waals surface area (Å²) in [7, 11) is 0. The lowest BCUT2D eigenvalue weighted by atomic mass is 9.94. The lowest BCUT2D eigenvalue weighted by Gasteiger charge is -2.38. The molecule has 1 atom stereocenters. The molecule has 2 heterocycles. The number of alkyl halides is 3. The van der Waals surface area contributed by atoms with Gasteiger partial charge < -0.3 is 9.67 Å². The van der Waals surface area contributed by atoms with Gasteiger partial charge in [0.25, 0.3) is 5.91 Å². The standard InChI is InChI=1S/C24H17F4N3O3/c25-17-6-7-20-18(10-17)16(12-30(20)13-22(32)33)9-15(11-29)23(34)31-19-4-2-1-3-14(19)5-8-21(31)24(26,27)28/h1-4,6-7,9-10,12,21H,5,8,13H2,(H,32,33)/b15-9+. The van der Waals surface area contributed by atoms with Crippen LogP contribution in [0.2, 0.25) is 0 Å². The summed E-state index contributed by atoms with van der Waals surface area (Å²) in [5.41, 5.74) is 0.491. The summed E-state index contributed by atoms with van der Waals surface area (Å²) in [5.74, 6) is -2.96. The Hall–Kier alpha value is -4.13. The molecule has 1 amide bonds. The fraction of sp³-hybridized carbons (Fsp3) is 0.208. The van der Waals surface area contributed by atoms with Crippen LogP contribution in [0.25, 0.3) is 17.0 Å². The van der Waals surface area contributed by atoms with E-state index >= 15 is 0 Å². The van der Waals surface area contributed by atoms with Crippen molar-refractivity contribution in [3.05, 3.63) is 71.2 Å². The molecule has 1 unspecified atom stereocenters. The molecule has 10 heteroatoms. The number of carboxylic acids is 1. The fourth-order valence-corrected chi connectivity index (χ4v) is 4.22. The zero-order chi connectivity index (χ0) is 24.6. The van der Waals surface area contributed by atoms with Crippen molar-refractivity contribution in [2.45, 2.75) is 31.6 Å². The van der Waals surface area contributed by atoms with Crippen molar-refractivity contribution in [3.63, 3.8) is 0 Å². The minimum atomic E-state index is -4.72. The number of nitriles is 1. The number of rotatable bonds is 4. The van der Waals surface area contributed by atoms with E-state index in [4.69, 9.17) is 5.11 Å². The van der Waals surface area contributed by atoms with Crippen LogP contribution < -0.4 is 4.90 Å². The van der Waals surface area contributed by atoms with Gasteiger partial charge >= 0.3 is 12.1 Å². The van der Waals surface area contributed by atoms with E-state index in [9.17, 15) is 32.4 Å². The second kappa shape index (κ2) is 8.67. The molecule has 1 aromatic heterocycles. The van der Waals surface area contributed by atoms with Gasteiger partial charge in [0, 0.05) is 28.4 Å². The molecule has 4 rings (SSSR count). The number of hydrogen-bond acceptors (Lipinski definition) is 3. The summed E-state index contributed by atoms with van der Waals surface area (Å²) < 4.78 is 56.6. The summed E-state index contributed by atoms with van der Waals surface area (Å²) in [4.78, 5) is 25.1. The Morgan fingerprint density at radius 1 is 1.21 bits per heavy atom. The molecule has 0 saturated heterocycles. The Kier molecular flexibility index (Phi) is 5.87. The number of hydrogen-bond donors (Lipinski definition) is 1. The maximum Gasteiger partial charge on any atom is 0.409 e. The Balaban J connectivity index is 1.84. The van der Waals surface area contributed by atoms with Crippen LogP contribution in [0.3, 0.4) is 0 Å². The molecule has 0 fully saturated rings. The molecular weight excluding hydrogens is 454 g/mol. The summed E-state index contributed by atoms with van der Waals surface area (Å²) in [5, 5.41) is 19.0. The van der Waals surface area contributed by atoms with Crippen LogP contribution in [0.1, 0.15) is 17.5 Å². The van der Waals surface area contributed by atoms with E-state index in [-0.39, 0.29) is 29.5 Å². The van der Waals surface area contributed by atoms with Crippen molar-refractivity contribution in [1.29, 1.82) is 5.26 Å². The van der Waals surface area contributed by atoms with Crippen LogP contribution in [-0.4, -0.2) is 33.8 Å². The average Bonchev–Trinajstić information content (AvgIpc) is 3.10. The summed E-state index contributed by atoms with van der Waals surface area (Å²) in [6, 6.07) is 9.32. The highest BCUT2D eigenvalue weighted by Gasteiger charge is 2.48. The number of benzene rings is 2. The molecule has 0 aliphatic carbocycles. The first-order valence-corrected chi connectivity index (χ1v) is 10.2. The number of halogens is 4. The average molecular weight is 471 g/mol. The number of aromatic nitrogens is 1. The summed E-state index contributed by atoms with van der Waals surface area (Å²) in [6.45, 7) is -0.471. The van der Waals surface area contributed by atoms with Gasteiger partial charge in [0.05, 0.1) is 0 Å². The number of carbonyl (C=O) groups excluding carboxylic acids is 1. The van der Waals surface area contributed by atoms with Gasteiger partial charge in [-0.2, -0.15) is 18.4 Å². The molecule has 0 radical (unpaired) electrons. The molecule has 1 N–H and O–H groups in total. The minimum Gasteiger partial charge on any atom is -0.480 e. The highest BCUT2D eigenvalue weighted by atomic mass is 19.4. The van der Waals surface area contributed by atoms with E-state index in [2.05, 4.69) is 0 Å². The second-order valence-corrected chi connectivity index (χ2v) is 7.84. The van der Waals surface area contributed by atoms with E-state index in [0.717, 1.165) is 18.2 Å². The number of amides is 1. The molecule has 34 heavy (non-hydrogen) atoms. The summed E-state index contributed by atoms with van der Waals surface area (Å²) in [6.07, 6.45) is -2.57. The van der Waals surface area contributed by atoms with Crippen molar-refractivity contribution >= 4 is 34.5 Å². The lowest BCUT2D eigenvalue weighted by molar-refractivity contribution is -0.155. The third-order valence-electron chi connectivity index (χ3n) is 5.68. The number of carboxylic acid groups (broad SMARTS) is 1. The normalized spacial score (nSPS) is 16.3. The van der Waals surface area contributed by atoms with E-state index in [1.807, 2.05) is 0 Å². The molecule has 6 nitrogen and oxygen atoms in total. The van der Waals surface area contributed by atoms with E-state index < -0.39 is 42.0 Å². The molecule has 0 saturated carbocycles. The number of aliphatic carboxylic acids is 1. The van der Waals surface area contributed by atoms with E-state index in [1.165, 1.54) is 29.0 Å². The lowest BCUT2D eigenvalue weighted by Crippen LogP contribution is -2.52. The first kappa shape index (κ1) is 23.0.